The zero-order valence-electron chi connectivity index (χ0n) is 9.62. The van der Waals surface area contributed by atoms with Crippen molar-refractivity contribution in [1.29, 1.82) is 0 Å². The van der Waals surface area contributed by atoms with Gasteiger partial charge in [-0.1, -0.05) is 13.0 Å². The summed E-state index contributed by atoms with van der Waals surface area (Å²) in [6.07, 6.45) is 3.93. The Hall–Kier alpha value is -1.12. The van der Waals surface area contributed by atoms with Crippen molar-refractivity contribution in [2.24, 2.45) is 5.92 Å². The molecule has 0 aromatic rings. The molecule has 0 bridgehead atoms. The Morgan fingerprint density at radius 2 is 2.13 bits per heavy atom. The predicted molar refractivity (Wildman–Crippen MR) is 59.5 cm³/mol. The van der Waals surface area contributed by atoms with E-state index in [2.05, 4.69) is 13.5 Å². The summed E-state index contributed by atoms with van der Waals surface area (Å²) in [5, 5.41) is 0. The molecule has 0 spiro atoms. The van der Waals surface area contributed by atoms with E-state index in [1.165, 1.54) is 0 Å². The molecule has 0 saturated heterocycles. The van der Waals surface area contributed by atoms with Gasteiger partial charge < -0.3 is 4.74 Å². The summed E-state index contributed by atoms with van der Waals surface area (Å²) in [4.78, 5) is 22.3. The van der Waals surface area contributed by atoms with Gasteiger partial charge in [0.25, 0.3) is 0 Å². The van der Waals surface area contributed by atoms with E-state index in [1.54, 1.807) is 6.92 Å². The molecule has 3 nitrogen and oxygen atoms in total. The van der Waals surface area contributed by atoms with Crippen molar-refractivity contribution in [3.05, 3.63) is 12.7 Å². The number of hydrogen-bond donors (Lipinski definition) is 0. The zero-order chi connectivity index (χ0) is 11.7. The number of rotatable bonds is 8. The van der Waals surface area contributed by atoms with Gasteiger partial charge in [0, 0.05) is 6.42 Å². The van der Waals surface area contributed by atoms with Gasteiger partial charge >= 0.3 is 5.97 Å². The molecule has 0 aliphatic carbocycles. The smallest absolute Gasteiger partial charge is 0.313 e. The summed E-state index contributed by atoms with van der Waals surface area (Å²) in [6, 6.07) is 0. The predicted octanol–water partition coefficient (Wildman–Crippen LogP) is 2.50. The van der Waals surface area contributed by atoms with Crippen LogP contribution in [0, 0.1) is 5.92 Å². The minimum atomic E-state index is -0.418. The van der Waals surface area contributed by atoms with Crippen LogP contribution in [0.2, 0.25) is 0 Å². The normalized spacial score (nSPS) is 11.9. The van der Waals surface area contributed by atoms with Gasteiger partial charge in [0.1, 0.15) is 12.2 Å². The van der Waals surface area contributed by atoms with E-state index >= 15 is 0 Å². The maximum atomic E-state index is 11.3. The zero-order valence-corrected chi connectivity index (χ0v) is 9.62. The highest BCUT2D eigenvalue weighted by Crippen LogP contribution is 2.11. The molecule has 86 valence electrons. The number of hydrogen-bond acceptors (Lipinski definition) is 3. The first-order chi connectivity index (χ1) is 7.10. The third kappa shape index (κ3) is 7.91. The van der Waals surface area contributed by atoms with E-state index < -0.39 is 5.97 Å². The lowest BCUT2D eigenvalue weighted by atomic mass is 9.99. The van der Waals surface area contributed by atoms with E-state index in [1.807, 2.05) is 6.08 Å². The average molecular weight is 212 g/mol. The Labute approximate surface area is 91.5 Å². The molecule has 0 unspecified atom stereocenters. The van der Waals surface area contributed by atoms with Crippen molar-refractivity contribution >= 4 is 11.8 Å². The summed E-state index contributed by atoms with van der Waals surface area (Å²) in [6.45, 7) is 7.77. The van der Waals surface area contributed by atoms with Crippen LogP contribution in [0.1, 0.15) is 39.5 Å². The van der Waals surface area contributed by atoms with E-state index in [0.717, 1.165) is 12.8 Å². The number of esters is 1. The van der Waals surface area contributed by atoms with Crippen LogP contribution in [0.15, 0.2) is 12.7 Å². The second-order valence-corrected chi connectivity index (χ2v) is 3.69. The largest absolute Gasteiger partial charge is 0.466 e. The van der Waals surface area contributed by atoms with Crippen LogP contribution in [-0.4, -0.2) is 18.4 Å². The number of carbonyl (C=O) groups is 2. The first kappa shape index (κ1) is 13.9. The number of Topliss-reactive ketones (excluding diaryl/α,β-unsaturated/α-hetero) is 1. The van der Waals surface area contributed by atoms with E-state index in [0.29, 0.717) is 18.9 Å². The van der Waals surface area contributed by atoms with Gasteiger partial charge in [-0.15, -0.1) is 6.58 Å². The third-order valence-electron chi connectivity index (χ3n) is 2.13. The van der Waals surface area contributed by atoms with Gasteiger partial charge in [-0.05, 0) is 25.7 Å². The molecule has 0 amide bonds. The Balaban J connectivity index is 3.65. The van der Waals surface area contributed by atoms with Gasteiger partial charge in [0.05, 0.1) is 6.61 Å². The molecule has 0 saturated carbocycles. The average Bonchev–Trinajstić information content (AvgIpc) is 2.15. The summed E-state index contributed by atoms with van der Waals surface area (Å²) < 4.78 is 4.69. The standard InChI is InChI=1S/C12H20O3/c1-4-6-10(3)7-8-11(13)9-12(14)15-5-2/h4,10H,1,5-9H2,2-3H3/t10-/m1/s1. The number of carbonyl (C=O) groups excluding carboxylic acids is 2. The first-order valence-corrected chi connectivity index (χ1v) is 5.38. The van der Waals surface area contributed by atoms with Crippen LogP contribution in [-0.2, 0) is 14.3 Å². The quantitative estimate of drug-likeness (QED) is 0.353. The monoisotopic (exact) mass is 212 g/mol. The van der Waals surface area contributed by atoms with E-state index in [4.69, 9.17) is 4.74 Å². The lowest BCUT2D eigenvalue weighted by Crippen LogP contribution is -2.11. The Kier molecular flexibility index (Phi) is 7.60. The topological polar surface area (TPSA) is 43.4 Å². The lowest BCUT2D eigenvalue weighted by Gasteiger charge is -2.07. The lowest BCUT2D eigenvalue weighted by molar-refractivity contribution is -0.145. The molecule has 0 aliphatic heterocycles. The fraction of sp³-hybridized carbons (Fsp3) is 0.667. The van der Waals surface area contributed by atoms with Gasteiger partial charge in [0.15, 0.2) is 0 Å². The van der Waals surface area contributed by atoms with Gasteiger partial charge in [0.2, 0.25) is 0 Å². The van der Waals surface area contributed by atoms with E-state index in [9.17, 15) is 9.59 Å². The second kappa shape index (κ2) is 8.21. The molecular weight excluding hydrogens is 192 g/mol. The van der Waals surface area contributed by atoms with Gasteiger partial charge in [-0.2, -0.15) is 0 Å². The number of allylic oxidation sites excluding steroid dienone is 1. The van der Waals surface area contributed by atoms with Crippen LogP contribution in [0.4, 0.5) is 0 Å². The maximum Gasteiger partial charge on any atom is 0.313 e. The molecule has 3 heteroatoms. The molecule has 0 fully saturated rings. The molecule has 0 aromatic carbocycles. The highest BCUT2D eigenvalue weighted by atomic mass is 16.5. The first-order valence-electron chi connectivity index (χ1n) is 5.38. The molecule has 0 N–H and O–H groups in total. The SMILES string of the molecule is C=CC[C@@H](C)CCC(=O)CC(=O)OCC. The second-order valence-electron chi connectivity index (χ2n) is 3.69. The number of ether oxygens (including phenoxy) is 1. The van der Waals surface area contributed by atoms with Crippen LogP contribution < -0.4 is 0 Å². The molecule has 0 heterocycles. The Morgan fingerprint density at radius 3 is 2.67 bits per heavy atom. The Bertz CT molecular complexity index is 221. The molecule has 0 aromatic heterocycles. The van der Waals surface area contributed by atoms with Crippen molar-refractivity contribution in [1.82, 2.24) is 0 Å². The van der Waals surface area contributed by atoms with Crippen molar-refractivity contribution in [3.8, 4) is 0 Å². The summed E-state index contributed by atoms with van der Waals surface area (Å²) in [5.74, 6) is -0.00289. The van der Waals surface area contributed by atoms with Crippen LogP contribution in [0.5, 0.6) is 0 Å². The third-order valence-corrected chi connectivity index (χ3v) is 2.13. The molecule has 15 heavy (non-hydrogen) atoms. The fourth-order valence-corrected chi connectivity index (χ4v) is 1.27. The van der Waals surface area contributed by atoms with Crippen LogP contribution in [0.3, 0.4) is 0 Å². The van der Waals surface area contributed by atoms with Crippen molar-refractivity contribution in [3.63, 3.8) is 0 Å². The molecule has 0 aliphatic rings. The van der Waals surface area contributed by atoms with Crippen molar-refractivity contribution in [2.45, 2.75) is 39.5 Å². The molecule has 1 atom stereocenters. The highest BCUT2D eigenvalue weighted by molar-refractivity contribution is 5.95. The minimum Gasteiger partial charge on any atom is -0.466 e. The highest BCUT2D eigenvalue weighted by Gasteiger charge is 2.11. The van der Waals surface area contributed by atoms with E-state index in [-0.39, 0.29) is 12.2 Å². The van der Waals surface area contributed by atoms with Crippen LogP contribution in [0.25, 0.3) is 0 Å². The summed E-state index contributed by atoms with van der Waals surface area (Å²) >= 11 is 0. The van der Waals surface area contributed by atoms with Gasteiger partial charge in [-0.3, -0.25) is 9.59 Å². The summed E-state index contributed by atoms with van der Waals surface area (Å²) in [5.41, 5.74) is 0. The van der Waals surface area contributed by atoms with Crippen LogP contribution >= 0.6 is 0 Å². The van der Waals surface area contributed by atoms with Crippen molar-refractivity contribution in [2.75, 3.05) is 6.61 Å². The van der Waals surface area contributed by atoms with Gasteiger partial charge in [-0.25, -0.2) is 0 Å². The molecule has 0 rings (SSSR count). The fourth-order valence-electron chi connectivity index (χ4n) is 1.27. The maximum absolute atomic E-state index is 11.3. The van der Waals surface area contributed by atoms with Crippen molar-refractivity contribution < 1.29 is 14.3 Å². The Morgan fingerprint density at radius 1 is 1.47 bits per heavy atom. The molecular formula is C12H20O3. The minimum absolute atomic E-state index is 0.0376. The molecule has 0 radical (unpaired) electrons. The number of ketones is 1. The summed E-state index contributed by atoms with van der Waals surface area (Å²) in [7, 11) is 0.